The Labute approximate surface area is 165 Å². The highest BCUT2D eigenvalue weighted by molar-refractivity contribution is 9.11. The second kappa shape index (κ2) is 6.70. The summed E-state index contributed by atoms with van der Waals surface area (Å²) in [5.41, 5.74) is -3.79. The predicted octanol–water partition coefficient (Wildman–Crippen LogP) is 4.79. The third kappa shape index (κ3) is 3.58. The Morgan fingerprint density at radius 3 is 2.25 bits per heavy atom. The number of fused-ring (bicyclic) bond motifs is 1. The predicted molar refractivity (Wildman–Crippen MR) is 93.0 cm³/mol. The standard InChI is InChI=1S/C14H6BrF5N2O4S2/c15-8-3-5-11(10(13(23)24)21-12(5)27-8)28(25,26)22-9-6(16)1-4(2-7(9)17)14(18,19)20/h1-3,21-22H,(H,23,24). The molecule has 0 amide bonds. The van der Waals surface area contributed by atoms with E-state index in [0.717, 1.165) is 11.3 Å². The van der Waals surface area contributed by atoms with Crippen LogP contribution in [0.15, 0.2) is 26.9 Å². The van der Waals surface area contributed by atoms with E-state index in [0.29, 0.717) is 3.79 Å². The van der Waals surface area contributed by atoms with Crippen LogP contribution in [0.1, 0.15) is 16.1 Å². The lowest BCUT2D eigenvalue weighted by molar-refractivity contribution is -0.137. The molecule has 0 saturated carbocycles. The first-order chi connectivity index (χ1) is 12.8. The fraction of sp³-hybridized carbons (Fsp3) is 0.0714. The number of carbonyl (C=O) groups is 1. The molecule has 28 heavy (non-hydrogen) atoms. The van der Waals surface area contributed by atoms with Gasteiger partial charge in [-0.25, -0.2) is 22.0 Å². The number of alkyl halides is 3. The molecule has 6 nitrogen and oxygen atoms in total. The minimum absolute atomic E-state index is 0.0745. The maximum Gasteiger partial charge on any atom is 0.416 e. The molecule has 3 aromatic rings. The number of aromatic amines is 1. The fourth-order valence-electron chi connectivity index (χ4n) is 2.38. The molecule has 3 rings (SSSR count). The molecular weight excluding hydrogens is 499 g/mol. The molecule has 0 aliphatic rings. The number of aromatic carboxylic acids is 1. The SMILES string of the molecule is O=C(O)c1[nH]c2sc(Br)cc2c1S(=O)(=O)Nc1c(F)cc(C(F)(F)F)cc1F. The van der Waals surface area contributed by atoms with Crippen molar-refractivity contribution in [1.29, 1.82) is 0 Å². The van der Waals surface area contributed by atoms with Crippen molar-refractivity contribution in [1.82, 2.24) is 4.98 Å². The third-order valence-electron chi connectivity index (χ3n) is 3.50. The Hall–Kier alpha value is -2.19. The van der Waals surface area contributed by atoms with Gasteiger partial charge in [0.2, 0.25) is 0 Å². The number of halogens is 6. The van der Waals surface area contributed by atoms with Crippen LogP contribution in [0.4, 0.5) is 27.6 Å². The molecule has 150 valence electrons. The zero-order valence-corrected chi connectivity index (χ0v) is 16.2. The largest absolute Gasteiger partial charge is 0.477 e. The summed E-state index contributed by atoms with van der Waals surface area (Å²) in [4.78, 5) is 13.1. The summed E-state index contributed by atoms with van der Waals surface area (Å²) in [6.07, 6.45) is -5.05. The number of sulfonamides is 1. The molecule has 2 heterocycles. The van der Waals surface area contributed by atoms with Gasteiger partial charge in [0.1, 0.15) is 21.1 Å². The zero-order valence-electron chi connectivity index (χ0n) is 13.0. The summed E-state index contributed by atoms with van der Waals surface area (Å²) in [5, 5.41) is 9.14. The maximum atomic E-state index is 14.0. The molecule has 14 heteroatoms. The molecule has 0 aliphatic heterocycles. The molecule has 0 aliphatic carbocycles. The fourth-order valence-corrected chi connectivity index (χ4v) is 5.38. The lowest BCUT2D eigenvalue weighted by atomic mass is 10.2. The number of carboxylic acid groups (broad SMARTS) is 1. The van der Waals surface area contributed by atoms with Crippen molar-refractivity contribution >= 4 is 59.2 Å². The number of rotatable bonds is 4. The van der Waals surface area contributed by atoms with E-state index in [4.69, 9.17) is 0 Å². The Morgan fingerprint density at radius 2 is 1.75 bits per heavy atom. The summed E-state index contributed by atoms with van der Waals surface area (Å²) in [5.74, 6) is -5.29. The molecule has 0 bridgehead atoms. The maximum absolute atomic E-state index is 14.0. The van der Waals surface area contributed by atoms with Crippen LogP contribution in [0.2, 0.25) is 0 Å². The number of aromatic nitrogens is 1. The quantitative estimate of drug-likeness (QED) is 0.445. The number of benzene rings is 1. The summed E-state index contributed by atoms with van der Waals surface area (Å²) in [6.45, 7) is 0. The van der Waals surface area contributed by atoms with Crippen LogP contribution >= 0.6 is 27.3 Å². The van der Waals surface area contributed by atoms with Gasteiger partial charge in [-0.05, 0) is 34.1 Å². The second-order valence-electron chi connectivity index (χ2n) is 5.35. The van der Waals surface area contributed by atoms with E-state index in [9.17, 15) is 40.3 Å². The van der Waals surface area contributed by atoms with Crippen molar-refractivity contribution < 1.29 is 40.3 Å². The molecule has 0 fully saturated rings. The van der Waals surface area contributed by atoms with Gasteiger partial charge < -0.3 is 10.1 Å². The first kappa shape index (κ1) is 20.5. The summed E-state index contributed by atoms with van der Waals surface area (Å²) < 4.78 is 93.0. The van der Waals surface area contributed by atoms with E-state index in [1.807, 2.05) is 0 Å². The normalized spacial score (nSPS) is 12.5. The minimum Gasteiger partial charge on any atom is -0.477 e. The number of nitrogens with one attached hydrogen (secondary N) is 2. The van der Waals surface area contributed by atoms with Crippen molar-refractivity contribution in [2.24, 2.45) is 0 Å². The first-order valence-electron chi connectivity index (χ1n) is 6.94. The average molecular weight is 505 g/mol. The first-order valence-corrected chi connectivity index (χ1v) is 10.0. The molecule has 0 saturated heterocycles. The van der Waals surface area contributed by atoms with Gasteiger partial charge in [-0.15, -0.1) is 11.3 Å². The van der Waals surface area contributed by atoms with Crippen molar-refractivity contribution in [2.45, 2.75) is 11.1 Å². The van der Waals surface area contributed by atoms with Crippen molar-refractivity contribution in [3.63, 3.8) is 0 Å². The van der Waals surface area contributed by atoms with Gasteiger partial charge in [-0.3, -0.25) is 4.72 Å². The number of carboxylic acids is 1. The van der Waals surface area contributed by atoms with Gasteiger partial charge in [0.05, 0.1) is 9.35 Å². The average Bonchev–Trinajstić information content (AvgIpc) is 3.05. The highest BCUT2D eigenvalue weighted by Crippen LogP contribution is 2.38. The van der Waals surface area contributed by atoms with E-state index >= 15 is 0 Å². The summed E-state index contributed by atoms with van der Waals surface area (Å²) >= 11 is 4.06. The van der Waals surface area contributed by atoms with Gasteiger partial charge in [-0.1, -0.05) is 0 Å². The Kier molecular flexibility index (Phi) is 4.92. The summed E-state index contributed by atoms with van der Waals surface area (Å²) in [6, 6.07) is 1.12. The Balaban J connectivity index is 2.15. The molecule has 0 spiro atoms. The van der Waals surface area contributed by atoms with Gasteiger partial charge in [0.15, 0.2) is 11.6 Å². The Bertz CT molecular complexity index is 1190. The van der Waals surface area contributed by atoms with Crippen LogP contribution in [0.3, 0.4) is 0 Å². The lowest BCUT2D eigenvalue weighted by Crippen LogP contribution is -2.18. The highest BCUT2D eigenvalue weighted by atomic mass is 79.9. The molecular formula is C14H6BrF5N2O4S2. The molecule has 3 N–H and O–H groups in total. The van der Waals surface area contributed by atoms with E-state index in [2.05, 4.69) is 20.9 Å². The van der Waals surface area contributed by atoms with Crippen LogP contribution in [0.5, 0.6) is 0 Å². The number of thiophene rings is 1. The Morgan fingerprint density at radius 1 is 1.18 bits per heavy atom. The van der Waals surface area contributed by atoms with Crippen molar-refractivity contribution in [2.75, 3.05) is 4.72 Å². The van der Waals surface area contributed by atoms with E-state index in [-0.39, 0.29) is 22.3 Å². The van der Waals surface area contributed by atoms with Gasteiger partial charge in [0, 0.05) is 5.39 Å². The summed E-state index contributed by atoms with van der Waals surface area (Å²) in [7, 11) is -4.89. The number of H-pyrrole nitrogens is 1. The molecule has 2 aromatic heterocycles. The van der Waals surface area contributed by atoms with Gasteiger partial charge in [0.25, 0.3) is 10.0 Å². The number of hydrogen-bond acceptors (Lipinski definition) is 4. The third-order valence-corrected chi connectivity index (χ3v) is 6.49. The number of hydrogen-bond donors (Lipinski definition) is 3. The molecule has 0 atom stereocenters. The van der Waals surface area contributed by atoms with E-state index < -0.39 is 55.6 Å². The van der Waals surface area contributed by atoms with Crippen LogP contribution in [0.25, 0.3) is 10.2 Å². The van der Waals surface area contributed by atoms with Crippen LogP contribution in [-0.4, -0.2) is 24.5 Å². The van der Waals surface area contributed by atoms with E-state index in [1.54, 1.807) is 0 Å². The van der Waals surface area contributed by atoms with E-state index in [1.165, 1.54) is 10.8 Å². The van der Waals surface area contributed by atoms with Gasteiger partial charge in [-0.2, -0.15) is 13.2 Å². The minimum atomic E-state index is -5.05. The van der Waals surface area contributed by atoms with Crippen LogP contribution in [0, 0.1) is 11.6 Å². The van der Waals surface area contributed by atoms with Crippen molar-refractivity contribution in [3.05, 3.63) is 44.9 Å². The van der Waals surface area contributed by atoms with Crippen LogP contribution < -0.4 is 4.72 Å². The molecule has 0 unspecified atom stereocenters. The highest BCUT2D eigenvalue weighted by Gasteiger charge is 2.35. The number of anilines is 1. The smallest absolute Gasteiger partial charge is 0.416 e. The lowest BCUT2D eigenvalue weighted by Gasteiger charge is -2.13. The molecule has 1 aromatic carbocycles. The molecule has 0 radical (unpaired) electrons. The topological polar surface area (TPSA) is 99.3 Å². The zero-order chi connectivity index (χ0) is 21.0. The van der Waals surface area contributed by atoms with Crippen molar-refractivity contribution in [3.8, 4) is 0 Å². The second-order valence-corrected chi connectivity index (χ2v) is 9.40. The van der Waals surface area contributed by atoms with Gasteiger partial charge >= 0.3 is 12.1 Å². The van der Waals surface area contributed by atoms with Crippen LogP contribution in [-0.2, 0) is 16.2 Å². The monoisotopic (exact) mass is 504 g/mol.